The molecule has 1 unspecified atom stereocenters. The quantitative estimate of drug-likeness (QED) is 0.899. The average Bonchev–Trinajstić information content (AvgIpc) is 2.15. The second kappa shape index (κ2) is 5.68. The van der Waals surface area contributed by atoms with Gasteiger partial charge in [-0.3, -0.25) is 0 Å². The van der Waals surface area contributed by atoms with Crippen molar-refractivity contribution in [1.29, 1.82) is 0 Å². The molecule has 0 aromatic heterocycles. The van der Waals surface area contributed by atoms with Crippen molar-refractivity contribution in [3.05, 3.63) is 27.1 Å². The van der Waals surface area contributed by atoms with Gasteiger partial charge in [-0.25, -0.2) is 4.79 Å². The lowest BCUT2D eigenvalue weighted by molar-refractivity contribution is -0.147. The van der Waals surface area contributed by atoms with Crippen LogP contribution in [0.4, 0.5) is 0 Å². The Morgan fingerprint density at radius 3 is 2.44 bits per heavy atom. The fraction of sp³-hybridized carbons (Fsp3) is 0.364. The second-order valence-corrected chi connectivity index (χ2v) is 5.47. The molecule has 1 N–H and O–H groups in total. The number of ether oxygens (including phenoxy) is 1. The highest BCUT2D eigenvalue weighted by atomic mass is 79.9. The van der Waals surface area contributed by atoms with Crippen LogP contribution in [0.15, 0.2) is 27.1 Å². The van der Waals surface area contributed by atoms with Gasteiger partial charge in [-0.05, 0) is 34.1 Å². The summed E-state index contributed by atoms with van der Waals surface area (Å²) in [5, 5.41) is 9.00. The van der Waals surface area contributed by atoms with Crippen LogP contribution < -0.4 is 4.74 Å². The molecule has 1 aromatic carbocycles. The summed E-state index contributed by atoms with van der Waals surface area (Å²) < 4.78 is 7.09. The molecule has 0 spiro atoms. The van der Waals surface area contributed by atoms with Crippen LogP contribution in [0, 0.1) is 5.92 Å². The summed E-state index contributed by atoms with van der Waals surface area (Å²) in [6.45, 7) is 3.62. The van der Waals surface area contributed by atoms with Gasteiger partial charge in [-0.15, -0.1) is 0 Å². The first-order valence-corrected chi connectivity index (χ1v) is 6.35. The molecule has 0 saturated carbocycles. The number of carboxylic acids is 1. The van der Waals surface area contributed by atoms with E-state index in [9.17, 15) is 4.79 Å². The van der Waals surface area contributed by atoms with Crippen molar-refractivity contribution in [2.45, 2.75) is 20.0 Å². The number of hydrogen-bond donors (Lipinski definition) is 1. The molecule has 1 atom stereocenters. The predicted octanol–water partition coefficient (Wildman–Crippen LogP) is 3.70. The minimum atomic E-state index is -0.954. The molecule has 16 heavy (non-hydrogen) atoms. The predicted molar refractivity (Wildman–Crippen MR) is 68.7 cm³/mol. The minimum absolute atomic E-state index is 0.0898. The summed E-state index contributed by atoms with van der Waals surface area (Å²) in [7, 11) is 0. The van der Waals surface area contributed by atoms with Crippen molar-refractivity contribution in [2.75, 3.05) is 0 Å². The molecular formula is C11H12Br2O3. The summed E-state index contributed by atoms with van der Waals surface area (Å²) in [5.74, 6) is -0.512. The number of halogens is 2. The molecule has 0 amide bonds. The Morgan fingerprint density at radius 2 is 2.00 bits per heavy atom. The maximum absolute atomic E-state index is 11.0. The molecule has 0 heterocycles. The third-order valence-electron chi connectivity index (χ3n) is 2.00. The van der Waals surface area contributed by atoms with E-state index in [1.54, 1.807) is 12.1 Å². The van der Waals surface area contributed by atoms with Crippen LogP contribution in [0.2, 0.25) is 0 Å². The molecular weight excluding hydrogens is 340 g/mol. The molecule has 0 bridgehead atoms. The summed E-state index contributed by atoms with van der Waals surface area (Å²) in [5.41, 5.74) is 0. The normalized spacial score (nSPS) is 12.6. The van der Waals surface area contributed by atoms with E-state index >= 15 is 0 Å². The molecule has 1 rings (SSSR count). The van der Waals surface area contributed by atoms with E-state index in [-0.39, 0.29) is 5.92 Å². The van der Waals surface area contributed by atoms with Crippen LogP contribution in [0.1, 0.15) is 13.8 Å². The number of benzene rings is 1. The molecule has 0 saturated heterocycles. The summed E-state index contributed by atoms with van der Waals surface area (Å²) in [4.78, 5) is 11.0. The number of rotatable bonds is 4. The molecule has 0 radical (unpaired) electrons. The zero-order valence-corrected chi connectivity index (χ0v) is 12.1. The number of hydrogen-bond acceptors (Lipinski definition) is 2. The van der Waals surface area contributed by atoms with Crippen molar-refractivity contribution in [3.63, 3.8) is 0 Å². The third kappa shape index (κ3) is 3.49. The van der Waals surface area contributed by atoms with E-state index in [1.807, 2.05) is 19.9 Å². The fourth-order valence-corrected chi connectivity index (χ4v) is 2.32. The summed E-state index contributed by atoms with van der Waals surface area (Å²) in [6, 6.07) is 5.35. The molecule has 0 aliphatic heterocycles. The Morgan fingerprint density at radius 1 is 1.38 bits per heavy atom. The first-order chi connectivity index (χ1) is 7.41. The SMILES string of the molecule is CC(C)C(Oc1ccc(Br)cc1Br)C(=O)O. The lowest BCUT2D eigenvalue weighted by Gasteiger charge is -2.19. The summed E-state index contributed by atoms with van der Waals surface area (Å²) >= 11 is 6.64. The van der Waals surface area contributed by atoms with Gasteiger partial charge in [0, 0.05) is 10.4 Å². The largest absolute Gasteiger partial charge is 0.478 e. The van der Waals surface area contributed by atoms with Gasteiger partial charge in [0.25, 0.3) is 0 Å². The van der Waals surface area contributed by atoms with E-state index in [0.29, 0.717) is 5.75 Å². The monoisotopic (exact) mass is 350 g/mol. The number of carboxylic acid groups (broad SMARTS) is 1. The van der Waals surface area contributed by atoms with Crippen molar-refractivity contribution in [3.8, 4) is 5.75 Å². The highest BCUT2D eigenvalue weighted by Crippen LogP contribution is 2.29. The van der Waals surface area contributed by atoms with Crippen LogP contribution >= 0.6 is 31.9 Å². The molecule has 0 aliphatic rings. The lowest BCUT2D eigenvalue weighted by atomic mass is 10.1. The minimum Gasteiger partial charge on any atom is -0.478 e. The van der Waals surface area contributed by atoms with Gasteiger partial charge in [0.15, 0.2) is 6.10 Å². The van der Waals surface area contributed by atoms with Gasteiger partial charge in [0.05, 0.1) is 4.47 Å². The maximum atomic E-state index is 11.0. The zero-order chi connectivity index (χ0) is 12.3. The Labute approximate surface area is 111 Å². The first-order valence-electron chi connectivity index (χ1n) is 4.76. The highest BCUT2D eigenvalue weighted by molar-refractivity contribution is 9.11. The van der Waals surface area contributed by atoms with E-state index in [0.717, 1.165) is 8.95 Å². The Hall–Kier alpha value is -0.550. The molecule has 1 aromatic rings. The van der Waals surface area contributed by atoms with Crippen molar-refractivity contribution < 1.29 is 14.6 Å². The average molecular weight is 352 g/mol. The fourth-order valence-electron chi connectivity index (χ4n) is 1.18. The van der Waals surface area contributed by atoms with Crippen molar-refractivity contribution >= 4 is 37.8 Å². The standard InChI is InChI=1S/C11H12Br2O3/c1-6(2)10(11(14)15)16-9-4-3-7(12)5-8(9)13/h3-6,10H,1-2H3,(H,14,15). The Balaban J connectivity index is 2.90. The molecule has 0 aliphatic carbocycles. The van der Waals surface area contributed by atoms with Gasteiger partial charge in [-0.1, -0.05) is 29.8 Å². The first kappa shape index (κ1) is 13.5. The molecule has 3 nitrogen and oxygen atoms in total. The Bertz CT molecular complexity index is 391. The van der Waals surface area contributed by atoms with Crippen LogP contribution in [-0.4, -0.2) is 17.2 Å². The van der Waals surface area contributed by atoms with Gasteiger partial charge in [0.1, 0.15) is 5.75 Å². The van der Waals surface area contributed by atoms with E-state index in [1.165, 1.54) is 0 Å². The van der Waals surface area contributed by atoms with Gasteiger partial charge in [0.2, 0.25) is 0 Å². The smallest absolute Gasteiger partial charge is 0.345 e. The molecule has 88 valence electrons. The van der Waals surface area contributed by atoms with Crippen molar-refractivity contribution in [2.24, 2.45) is 5.92 Å². The lowest BCUT2D eigenvalue weighted by Crippen LogP contribution is -2.32. The molecule has 0 fully saturated rings. The topological polar surface area (TPSA) is 46.5 Å². The number of aliphatic carboxylic acids is 1. The van der Waals surface area contributed by atoms with Crippen LogP contribution in [0.5, 0.6) is 5.75 Å². The maximum Gasteiger partial charge on any atom is 0.345 e. The second-order valence-electron chi connectivity index (χ2n) is 3.70. The van der Waals surface area contributed by atoms with Crippen LogP contribution in [0.25, 0.3) is 0 Å². The van der Waals surface area contributed by atoms with E-state index in [2.05, 4.69) is 31.9 Å². The highest BCUT2D eigenvalue weighted by Gasteiger charge is 2.24. The Kier molecular flexibility index (Phi) is 4.80. The van der Waals surface area contributed by atoms with Crippen LogP contribution in [0.3, 0.4) is 0 Å². The number of carbonyl (C=O) groups is 1. The van der Waals surface area contributed by atoms with Crippen LogP contribution in [-0.2, 0) is 4.79 Å². The molecule has 5 heteroatoms. The third-order valence-corrected chi connectivity index (χ3v) is 3.11. The van der Waals surface area contributed by atoms with Gasteiger partial charge >= 0.3 is 5.97 Å². The van der Waals surface area contributed by atoms with Gasteiger partial charge in [-0.2, -0.15) is 0 Å². The zero-order valence-electron chi connectivity index (χ0n) is 8.91. The van der Waals surface area contributed by atoms with Gasteiger partial charge < -0.3 is 9.84 Å². The van der Waals surface area contributed by atoms with E-state index < -0.39 is 12.1 Å². The van der Waals surface area contributed by atoms with E-state index in [4.69, 9.17) is 9.84 Å². The van der Waals surface area contributed by atoms with Crippen molar-refractivity contribution in [1.82, 2.24) is 0 Å². The summed E-state index contributed by atoms with van der Waals surface area (Å²) in [6.07, 6.45) is -0.836.